The van der Waals surface area contributed by atoms with Gasteiger partial charge in [-0.2, -0.15) is 0 Å². The number of piperidine rings is 1. The zero-order chi connectivity index (χ0) is 20.2. The van der Waals surface area contributed by atoms with Gasteiger partial charge in [-0.15, -0.1) is 11.3 Å². The molecular formula is C22H27N3O3S. The lowest BCUT2D eigenvalue weighted by atomic mass is 10.0. The summed E-state index contributed by atoms with van der Waals surface area (Å²) in [5.74, 6) is -0.0359. The molecule has 1 unspecified atom stereocenters. The minimum Gasteiger partial charge on any atom is -0.465 e. The van der Waals surface area contributed by atoms with Crippen LogP contribution in [0.1, 0.15) is 48.2 Å². The topological polar surface area (TPSA) is 62.7 Å². The summed E-state index contributed by atoms with van der Waals surface area (Å²) in [7, 11) is 1.38. The number of hydrogen-bond acceptors (Lipinski definition) is 6. The molecule has 29 heavy (non-hydrogen) atoms. The summed E-state index contributed by atoms with van der Waals surface area (Å²) < 4.78 is 4.75. The van der Waals surface area contributed by atoms with Crippen molar-refractivity contribution in [3.63, 3.8) is 0 Å². The third kappa shape index (κ3) is 4.51. The number of nitrogens with zero attached hydrogens (tertiary/aromatic N) is 3. The van der Waals surface area contributed by atoms with Gasteiger partial charge in [0.05, 0.1) is 24.4 Å². The van der Waals surface area contributed by atoms with E-state index in [-0.39, 0.29) is 12.0 Å². The van der Waals surface area contributed by atoms with Gasteiger partial charge in [-0.1, -0.05) is 18.6 Å². The van der Waals surface area contributed by atoms with Crippen molar-refractivity contribution in [2.75, 3.05) is 26.7 Å². The van der Waals surface area contributed by atoms with Crippen molar-refractivity contribution in [3.8, 4) is 10.6 Å². The minimum atomic E-state index is -0.338. The predicted octanol–water partition coefficient (Wildman–Crippen LogP) is 3.57. The van der Waals surface area contributed by atoms with Crippen LogP contribution in [0.5, 0.6) is 0 Å². The molecule has 0 N–H and O–H groups in total. The lowest BCUT2D eigenvalue weighted by Gasteiger charge is -2.36. The monoisotopic (exact) mass is 413 g/mol. The Hall–Kier alpha value is -2.25. The van der Waals surface area contributed by atoms with Crippen LogP contribution in [0.2, 0.25) is 0 Å². The van der Waals surface area contributed by atoms with Gasteiger partial charge in [0.25, 0.3) is 0 Å². The fourth-order valence-corrected chi connectivity index (χ4v) is 5.01. The molecule has 0 bridgehead atoms. The first-order valence-corrected chi connectivity index (χ1v) is 11.2. The average molecular weight is 414 g/mol. The molecule has 7 heteroatoms. The number of carbonyl (C=O) groups is 2. The molecule has 2 aliphatic rings. The highest BCUT2D eigenvalue weighted by atomic mass is 32.1. The van der Waals surface area contributed by atoms with E-state index >= 15 is 0 Å². The summed E-state index contributed by atoms with van der Waals surface area (Å²) in [6, 6.07) is 7.31. The van der Waals surface area contributed by atoms with Crippen LogP contribution in [-0.2, 0) is 16.1 Å². The van der Waals surface area contributed by atoms with E-state index in [4.69, 9.17) is 9.72 Å². The van der Waals surface area contributed by atoms with Gasteiger partial charge in [0, 0.05) is 30.6 Å². The molecule has 1 aromatic carbocycles. The SMILES string of the molecule is COC(=O)c1ccc(-c2nc(CN3CCCCC3C(=O)N3CCCC3)cs2)cc1. The van der Waals surface area contributed by atoms with Crippen LogP contribution in [-0.4, -0.2) is 59.4 Å². The van der Waals surface area contributed by atoms with Gasteiger partial charge in [0.1, 0.15) is 5.01 Å². The molecule has 2 aromatic rings. The number of rotatable bonds is 5. The zero-order valence-electron chi connectivity index (χ0n) is 16.8. The van der Waals surface area contributed by atoms with Crippen LogP contribution in [0, 0.1) is 0 Å². The van der Waals surface area contributed by atoms with Crippen molar-refractivity contribution in [2.24, 2.45) is 0 Å². The van der Waals surface area contributed by atoms with E-state index in [1.807, 2.05) is 17.0 Å². The number of amides is 1. The largest absolute Gasteiger partial charge is 0.465 e. The maximum Gasteiger partial charge on any atom is 0.337 e. The molecule has 1 atom stereocenters. The van der Waals surface area contributed by atoms with Gasteiger partial charge in [-0.05, 0) is 44.4 Å². The van der Waals surface area contributed by atoms with Crippen LogP contribution in [0.25, 0.3) is 10.6 Å². The first-order chi connectivity index (χ1) is 14.2. The van der Waals surface area contributed by atoms with Crippen LogP contribution in [0.15, 0.2) is 29.6 Å². The summed E-state index contributed by atoms with van der Waals surface area (Å²) in [6.07, 6.45) is 5.46. The van der Waals surface area contributed by atoms with Gasteiger partial charge < -0.3 is 9.64 Å². The van der Waals surface area contributed by atoms with Gasteiger partial charge in [0.15, 0.2) is 0 Å². The third-order valence-corrected chi connectivity index (χ3v) is 6.73. The molecule has 154 valence electrons. The predicted molar refractivity (Wildman–Crippen MR) is 113 cm³/mol. The van der Waals surface area contributed by atoms with Crippen LogP contribution in [0.3, 0.4) is 0 Å². The number of thiazole rings is 1. The summed E-state index contributed by atoms with van der Waals surface area (Å²) in [5, 5.41) is 3.01. The maximum absolute atomic E-state index is 13.0. The van der Waals surface area contributed by atoms with Gasteiger partial charge in [-0.3, -0.25) is 9.69 Å². The number of aromatic nitrogens is 1. The molecule has 2 saturated heterocycles. The quantitative estimate of drug-likeness (QED) is 0.701. The number of hydrogen-bond donors (Lipinski definition) is 0. The van der Waals surface area contributed by atoms with E-state index in [2.05, 4.69) is 10.3 Å². The van der Waals surface area contributed by atoms with Crippen molar-refractivity contribution >= 4 is 23.2 Å². The molecule has 0 spiro atoms. The molecular weight excluding hydrogens is 386 g/mol. The van der Waals surface area contributed by atoms with Crippen LogP contribution >= 0.6 is 11.3 Å². The highest BCUT2D eigenvalue weighted by molar-refractivity contribution is 7.13. The molecule has 1 amide bonds. The minimum absolute atomic E-state index is 0.00802. The normalized spacial score (nSPS) is 20.0. The Labute approximate surface area is 175 Å². The summed E-state index contributed by atoms with van der Waals surface area (Å²) in [4.78, 5) is 33.7. The smallest absolute Gasteiger partial charge is 0.337 e. The number of ether oxygens (including phenoxy) is 1. The first kappa shape index (κ1) is 20.0. The van der Waals surface area contributed by atoms with E-state index < -0.39 is 0 Å². The number of carbonyl (C=O) groups excluding carboxylic acids is 2. The lowest BCUT2D eigenvalue weighted by Crippen LogP contribution is -2.49. The summed E-state index contributed by atoms with van der Waals surface area (Å²) in [6.45, 7) is 3.48. The van der Waals surface area contributed by atoms with E-state index in [1.165, 1.54) is 7.11 Å². The van der Waals surface area contributed by atoms with Crippen molar-refractivity contribution < 1.29 is 14.3 Å². The van der Waals surface area contributed by atoms with E-state index in [0.29, 0.717) is 18.0 Å². The molecule has 0 radical (unpaired) electrons. The van der Waals surface area contributed by atoms with Gasteiger partial charge >= 0.3 is 5.97 Å². The second-order valence-corrected chi connectivity index (χ2v) is 8.59. The van der Waals surface area contributed by atoms with Crippen molar-refractivity contribution in [3.05, 3.63) is 40.9 Å². The highest BCUT2D eigenvalue weighted by Gasteiger charge is 2.33. The fraction of sp³-hybridized carbons (Fsp3) is 0.500. The molecule has 6 nitrogen and oxygen atoms in total. The standard InChI is InChI=1S/C22H27N3O3S/c1-28-22(27)17-9-7-16(8-10-17)20-23-18(15-29-20)14-25-13-3-2-6-19(25)21(26)24-11-4-5-12-24/h7-10,15,19H,2-6,11-14H2,1H3. The second-order valence-electron chi connectivity index (χ2n) is 7.73. The summed E-state index contributed by atoms with van der Waals surface area (Å²) in [5.41, 5.74) is 2.52. The fourth-order valence-electron chi connectivity index (χ4n) is 4.20. The number of likely N-dealkylation sites (tertiary alicyclic amines) is 2. The molecule has 2 aliphatic heterocycles. The van der Waals surface area contributed by atoms with Crippen molar-refractivity contribution in [1.82, 2.24) is 14.8 Å². The summed E-state index contributed by atoms with van der Waals surface area (Å²) >= 11 is 1.60. The Kier molecular flexibility index (Phi) is 6.25. The first-order valence-electron chi connectivity index (χ1n) is 10.3. The van der Waals surface area contributed by atoms with E-state index in [1.54, 1.807) is 23.5 Å². The lowest BCUT2D eigenvalue weighted by molar-refractivity contribution is -0.137. The number of methoxy groups -OCH3 is 1. The molecule has 3 heterocycles. The van der Waals surface area contributed by atoms with Crippen molar-refractivity contribution in [2.45, 2.75) is 44.7 Å². The van der Waals surface area contributed by atoms with E-state index in [9.17, 15) is 9.59 Å². The molecule has 0 saturated carbocycles. The number of benzene rings is 1. The van der Waals surface area contributed by atoms with Crippen LogP contribution in [0.4, 0.5) is 0 Å². The Balaban J connectivity index is 1.44. The average Bonchev–Trinajstić information content (AvgIpc) is 3.46. The Morgan fingerprint density at radius 3 is 2.55 bits per heavy atom. The Morgan fingerprint density at radius 2 is 1.83 bits per heavy atom. The molecule has 4 rings (SSSR count). The molecule has 0 aliphatic carbocycles. The van der Waals surface area contributed by atoms with E-state index in [0.717, 1.165) is 68.0 Å². The Bertz CT molecular complexity index is 858. The zero-order valence-corrected chi connectivity index (χ0v) is 17.6. The third-order valence-electron chi connectivity index (χ3n) is 5.79. The van der Waals surface area contributed by atoms with Gasteiger partial charge in [0.2, 0.25) is 5.91 Å². The molecule has 2 fully saturated rings. The second kappa shape index (κ2) is 9.05. The van der Waals surface area contributed by atoms with Crippen molar-refractivity contribution in [1.29, 1.82) is 0 Å². The van der Waals surface area contributed by atoms with Crippen LogP contribution < -0.4 is 0 Å². The highest BCUT2D eigenvalue weighted by Crippen LogP contribution is 2.27. The van der Waals surface area contributed by atoms with Gasteiger partial charge in [-0.25, -0.2) is 9.78 Å². The Morgan fingerprint density at radius 1 is 1.10 bits per heavy atom. The maximum atomic E-state index is 13.0. The molecule has 1 aromatic heterocycles. The number of esters is 1.